The molecule has 1 aromatic rings. The maximum atomic E-state index is 11.3. The zero-order valence-corrected chi connectivity index (χ0v) is 9.32. The van der Waals surface area contributed by atoms with E-state index in [0.717, 1.165) is 5.69 Å². The second-order valence-electron chi connectivity index (χ2n) is 4.37. The molecule has 5 heteroatoms. The molecule has 0 unspecified atom stereocenters. The van der Waals surface area contributed by atoms with Gasteiger partial charge in [-0.05, 0) is 12.1 Å². The summed E-state index contributed by atoms with van der Waals surface area (Å²) in [4.78, 5) is 14.3. The fraction of sp³-hybridized carbons (Fsp3) is 0.400. The predicted octanol–water partition coefficient (Wildman–Crippen LogP) is 0.171. The molecule has 1 aromatic heterocycles. The number of H-pyrrole nitrogens is 1. The summed E-state index contributed by atoms with van der Waals surface area (Å²) < 4.78 is 0.587. The highest BCUT2D eigenvalue weighted by molar-refractivity contribution is 5.81. The summed E-state index contributed by atoms with van der Waals surface area (Å²) >= 11 is 0. The number of carbonyl (C=O) groups excluding carboxylic acids is 1. The Labute approximate surface area is 89.4 Å². The number of aromatic amines is 1. The van der Waals surface area contributed by atoms with Crippen LogP contribution in [0.5, 0.6) is 0 Å². The summed E-state index contributed by atoms with van der Waals surface area (Å²) in [7, 11) is 5.86. The molecule has 0 aliphatic rings. The van der Waals surface area contributed by atoms with E-state index in [9.17, 15) is 4.79 Å². The Morgan fingerprint density at radius 2 is 2.33 bits per heavy atom. The number of carbonyl (C=O) groups is 1. The van der Waals surface area contributed by atoms with Gasteiger partial charge in [-0.1, -0.05) is 0 Å². The molecule has 0 radical (unpaired) electrons. The molecular formula is C10H17N4O+. The van der Waals surface area contributed by atoms with Crippen LogP contribution in [-0.2, 0) is 4.79 Å². The lowest BCUT2D eigenvalue weighted by atomic mass is 10.5. The van der Waals surface area contributed by atoms with Crippen LogP contribution in [0.4, 0.5) is 0 Å². The first-order valence-corrected chi connectivity index (χ1v) is 4.73. The summed E-state index contributed by atoms with van der Waals surface area (Å²) in [5, 5.41) is 3.83. The molecule has 0 saturated heterocycles. The molecule has 2 N–H and O–H groups in total. The lowest BCUT2D eigenvalue weighted by Gasteiger charge is -2.21. The fourth-order valence-corrected chi connectivity index (χ4v) is 1.06. The zero-order chi connectivity index (χ0) is 11.3. The van der Waals surface area contributed by atoms with Gasteiger partial charge in [-0.15, -0.1) is 0 Å². The summed E-state index contributed by atoms with van der Waals surface area (Å²) in [5.41, 5.74) is 3.33. The maximum Gasteiger partial charge on any atom is 0.295 e. The monoisotopic (exact) mass is 209 g/mol. The zero-order valence-electron chi connectivity index (χ0n) is 9.32. The number of hydrogen-bond acceptors (Lipinski definition) is 2. The molecule has 0 spiro atoms. The van der Waals surface area contributed by atoms with E-state index in [-0.39, 0.29) is 5.91 Å². The fourth-order valence-electron chi connectivity index (χ4n) is 1.06. The van der Waals surface area contributed by atoms with Crippen molar-refractivity contribution in [3.8, 4) is 0 Å². The Kier molecular flexibility index (Phi) is 3.62. The van der Waals surface area contributed by atoms with E-state index in [0.29, 0.717) is 11.0 Å². The molecule has 0 aliphatic carbocycles. The third-order valence-electron chi connectivity index (χ3n) is 1.63. The van der Waals surface area contributed by atoms with Crippen molar-refractivity contribution in [3.63, 3.8) is 0 Å². The first-order chi connectivity index (χ1) is 6.97. The van der Waals surface area contributed by atoms with E-state index in [1.807, 2.05) is 33.3 Å². The minimum atomic E-state index is -0.0923. The molecule has 5 nitrogen and oxygen atoms in total. The van der Waals surface area contributed by atoms with Gasteiger partial charge in [0.25, 0.3) is 5.91 Å². The van der Waals surface area contributed by atoms with Gasteiger partial charge in [0.05, 0.1) is 33.1 Å². The second kappa shape index (κ2) is 4.75. The van der Waals surface area contributed by atoms with Crippen molar-refractivity contribution in [1.29, 1.82) is 0 Å². The van der Waals surface area contributed by atoms with Crippen molar-refractivity contribution >= 4 is 12.1 Å². The van der Waals surface area contributed by atoms with E-state index in [2.05, 4.69) is 15.5 Å². The number of nitrogens with zero attached hydrogens (tertiary/aromatic N) is 2. The molecule has 15 heavy (non-hydrogen) atoms. The Morgan fingerprint density at radius 1 is 1.60 bits per heavy atom. The summed E-state index contributed by atoms with van der Waals surface area (Å²) in [6, 6.07) is 3.74. The van der Waals surface area contributed by atoms with E-state index in [1.165, 1.54) is 0 Å². The van der Waals surface area contributed by atoms with Gasteiger partial charge in [0.2, 0.25) is 0 Å². The maximum absolute atomic E-state index is 11.3. The van der Waals surface area contributed by atoms with Gasteiger partial charge >= 0.3 is 0 Å². The third kappa shape index (κ3) is 4.97. The third-order valence-corrected chi connectivity index (χ3v) is 1.63. The molecular weight excluding hydrogens is 192 g/mol. The van der Waals surface area contributed by atoms with Crippen molar-refractivity contribution in [2.24, 2.45) is 5.10 Å². The Hall–Kier alpha value is -1.62. The van der Waals surface area contributed by atoms with Crippen LogP contribution in [-0.4, -0.2) is 49.3 Å². The molecule has 1 amide bonds. The molecule has 1 heterocycles. The minimum absolute atomic E-state index is 0.0923. The standard InChI is InChI=1S/C10H16N4O/c1-14(2,3)8-10(15)13-12-7-9-5-4-6-11-9/h4-7H,8H2,1-3H3,(H-,11,12,13,15)/p+1. The van der Waals surface area contributed by atoms with Crippen LogP contribution in [0.3, 0.4) is 0 Å². The highest BCUT2D eigenvalue weighted by atomic mass is 16.2. The Balaban J connectivity index is 2.35. The van der Waals surface area contributed by atoms with Gasteiger partial charge in [0.15, 0.2) is 6.54 Å². The molecule has 0 aliphatic heterocycles. The highest BCUT2D eigenvalue weighted by Gasteiger charge is 2.12. The van der Waals surface area contributed by atoms with Crippen molar-refractivity contribution in [1.82, 2.24) is 10.4 Å². The van der Waals surface area contributed by atoms with E-state index < -0.39 is 0 Å². The molecule has 0 aromatic carbocycles. The van der Waals surface area contributed by atoms with Gasteiger partial charge < -0.3 is 9.47 Å². The minimum Gasteiger partial charge on any atom is -0.360 e. The molecule has 0 atom stereocenters. The van der Waals surface area contributed by atoms with Crippen LogP contribution in [0.2, 0.25) is 0 Å². The van der Waals surface area contributed by atoms with E-state index in [1.54, 1.807) is 12.4 Å². The smallest absolute Gasteiger partial charge is 0.295 e. The first kappa shape index (κ1) is 11.5. The number of hydrogen-bond donors (Lipinski definition) is 2. The van der Waals surface area contributed by atoms with Crippen molar-refractivity contribution < 1.29 is 9.28 Å². The largest absolute Gasteiger partial charge is 0.360 e. The van der Waals surface area contributed by atoms with Crippen LogP contribution in [0.15, 0.2) is 23.4 Å². The van der Waals surface area contributed by atoms with Crippen molar-refractivity contribution in [2.75, 3.05) is 27.7 Å². The number of quaternary nitrogens is 1. The SMILES string of the molecule is C[N+](C)(C)CC(=O)N/N=C/c1ccc[nH]1. The Bertz CT molecular complexity index is 335. The normalized spacial score (nSPS) is 11.9. The molecule has 0 saturated carbocycles. The topological polar surface area (TPSA) is 57.2 Å². The number of amides is 1. The molecule has 1 rings (SSSR count). The van der Waals surface area contributed by atoms with Crippen LogP contribution in [0, 0.1) is 0 Å². The molecule has 0 fully saturated rings. The van der Waals surface area contributed by atoms with Crippen LogP contribution < -0.4 is 5.43 Å². The van der Waals surface area contributed by atoms with E-state index in [4.69, 9.17) is 0 Å². The van der Waals surface area contributed by atoms with Gasteiger partial charge in [0.1, 0.15) is 0 Å². The average Bonchev–Trinajstić information content (AvgIpc) is 2.53. The number of rotatable bonds is 4. The van der Waals surface area contributed by atoms with Crippen LogP contribution in [0.25, 0.3) is 0 Å². The number of aromatic nitrogens is 1. The van der Waals surface area contributed by atoms with Crippen molar-refractivity contribution in [3.05, 3.63) is 24.0 Å². The quantitative estimate of drug-likeness (QED) is 0.414. The second-order valence-corrected chi connectivity index (χ2v) is 4.37. The molecule has 0 bridgehead atoms. The summed E-state index contributed by atoms with van der Waals surface area (Å²) in [5.74, 6) is -0.0923. The average molecular weight is 209 g/mol. The molecule has 82 valence electrons. The first-order valence-electron chi connectivity index (χ1n) is 4.73. The van der Waals surface area contributed by atoms with Gasteiger partial charge in [-0.3, -0.25) is 4.79 Å². The van der Waals surface area contributed by atoms with Gasteiger partial charge in [0, 0.05) is 6.20 Å². The lowest BCUT2D eigenvalue weighted by molar-refractivity contribution is -0.862. The van der Waals surface area contributed by atoms with Crippen LogP contribution in [0.1, 0.15) is 5.69 Å². The lowest BCUT2D eigenvalue weighted by Crippen LogP contribution is -2.43. The Morgan fingerprint density at radius 3 is 2.87 bits per heavy atom. The summed E-state index contributed by atoms with van der Waals surface area (Å²) in [6.45, 7) is 0.405. The summed E-state index contributed by atoms with van der Waals surface area (Å²) in [6.07, 6.45) is 3.38. The van der Waals surface area contributed by atoms with Gasteiger partial charge in [-0.2, -0.15) is 5.10 Å². The number of hydrazone groups is 1. The van der Waals surface area contributed by atoms with Crippen molar-refractivity contribution in [2.45, 2.75) is 0 Å². The van der Waals surface area contributed by atoms with E-state index >= 15 is 0 Å². The predicted molar refractivity (Wildman–Crippen MR) is 59.4 cm³/mol. The highest BCUT2D eigenvalue weighted by Crippen LogP contribution is 1.90. The number of nitrogens with one attached hydrogen (secondary N) is 2. The number of likely N-dealkylation sites (N-methyl/N-ethyl adjacent to an activating group) is 1. The van der Waals surface area contributed by atoms with Gasteiger partial charge in [-0.25, -0.2) is 5.43 Å². The van der Waals surface area contributed by atoms with Crippen LogP contribution >= 0.6 is 0 Å².